The molecule has 2 unspecified atom stereocenters. The maximum atomic E-state index is 14.2. The Balaban J connectivity index is 2.07. The highest BCUT2D eigenvalue weighted by atomic mass is 19.3. The number of aliphatic hydroxyl groups is 2. The summed E-state index contributed by atoms with van der Waals surface area (Å²) < 4.78 is 33.0. The minimum Gasteiger partial charge on any atom is -0.427 e. The SMILES string of the molecule is CC(O)c1cccc2c1OC(F)(F)C(O)N2Cc1cccc(C#N)c1. The molecule has 0 saturated heterocycles. The Kier molecular flexibility index (Phi) is 4.33. The van der Waals surface area contributed by atoms with Crippen LogP contribution >= 0.6 is 0 Å². The van der Waals surface area contributed by atoms with Gasteiger partial charge in [-0.2, -0.15) is 14.0 Å². The molecule has 0 aliphatic carbocycles. The Bertz CT molecular complexity index is 833. The normalized spacial score (nSPS) is 19.5. The summed E-state index contributed by atoms with van der Waals surface area (Å²) in [7, 11) is 0. The number of ether oxygens (including phenoxy) is 1. The molecule has 1 heterocycles. The largest absolute Gasteiger partial charge is 0.444 e. The second-order valence-corrected chi connectivity index (χ2v) is 5.85. The lowest BCUT2D eigenvalue weighted by Gasteiger charge is -2.40. The summed E-state index contributed by atoms with van der Waals surface area (Å²) >= 11 is 0. The van der Waals surface area contributed by atoms with Crippen LogP contribution in [0.5, 0.6) is 5.75 Å². The van der Waals surface area contributed by atoms with Gasteiger partial charge in [0.05, 0.1) is 23.4 Å². The number of alkyl halides is 2. The molecule has 0 saturated carbocycles. The molecule has 1 aliphatic rings. The molecule has 130 valence electrons. The van der Waals surface area contributed by atoms with E-state index in [2.05, 4.69) is 0 Å². The van der Waals surface area contributed by atoms with Crippen molar-refractivity contribution in [1.82, 2.24) is 0 Å². The highest BCUT2D eigenvalue weighted by Crippen LogP contribution is 2.45. The van der Waals surface area contributed by atoms with Crippen molar-refractivity contribution in [3.8, 4) is 11.8 Å². The van der Waals surface area contributed by atoms with Gasteiger partial charge in [0, 0.05) is 12.1 Å². The van der Waals surface area contributed by atoms with Crippen molar-refractivity contribution >= 4 is 5.69 Å². The number of halogens is 2. The van der Waals surface area contributed by atoms with Gasteiger partial charge in [-0.3, -0.25) is 0 Å². The van der Waals surface area contributed by atoms with Crippen molar-refractivity contribution in [3.05, 3.63) is 59.2 Å². The molecule has 1 aliphatic heterocycles. The van der Waals surface area contributed by atoms with E-state index in [4.69, 9.17) is 10.00 Å². The highest BCUT2D eigenvalue weighted by molar-refractivity contribution is 5.65. The summed E-state index contributed by atoms with van der Waals surface area (Å²) in [4.78, 5) is 1.10. The van der Waals surface area contributed by atoms with E-state index in [1.165, 1.54) is 19.1 Å². The van der Waals surface area contributed by atoms with E-state index in [9.17, 15) is 19.0 Å². The summed E-state index contributed by atoms with van der Waals surface area (Å²) in [6.45, 7) is 1.40. The van der Waals surface area contributed by atoms with Gasteiger partial charge in [-0.25, -0.2) is 0 Å². The molecular formula is C18H16F2N2O3. The Hall–Kier alpha value is -2.69. The van der Waals surface area contributed by atoms with Crippen molar-refractivity contribution in [2.24, 2.45) is 0 Å². The number of nitrogens with zero attached hydrogens (tertiary/aromatic N) is 2. The fourth-order valence-corrected chi connectivity index (χ4v) is 2.82. The van der Waals surface area contributed by atoms with Crippen LogP contribution in [0.4, 0.5) is 14.5 Å². The van der Waals surface area contributed by atoms with Crippen molar-refractivity contribution in [2.75, 3.05) is 4.90 Å². The summed E-state index contributed by atoms with van der Waals surface area (Å²) in [5.74, 6) is -0.163. The average molecular weight is 346 g/mol. The smallest absolute Gasteiger partial charge is 0.427 e. The number of anilines is 1. The molecule has 0 amide bonds. The lowest BCUT2D eigenvalue weighted by molar-refractivity contribution is -0.246. The third-order valence-electron chi connectivity index (χ3n) is 4.03. The van der Waals surface area contributed by atoms with Gasteiger partial charge in [-0.15, -0.1) is 0 Å². The molecule has 3 rings (SSSR count). The number of nitriles is 1. The Morgan fingerprint density at radius 1 is 1.32 bits per heavy atom. The molecule has 7 heteroatoms. The quantitative estimate of drug-likeness (QED) is 0.894. The molecule has 2 atom stereocenters. The molecular weight excluding hydrogens is 330 g/mol. The molecule has 2 aromatic rings. The van der Waals surface area contributed by atoms with E-state index < -0.39 is 18.4 Å². The zero-order valence-corrected chi connectivity index (χ0v) is 13.4. The molecule has 0 bridgehead atoms. The monoisotopic (exact) mass is 346 g/mol. The Morgan fingerprint density at radius 2 is 2.04 bits per heavy atom. The summed E-state index contributed by atoms with van der Waals surface area (Å²) in [5.41, 5.74) is 1.44. The van der Waals surface area contributed by atoms with Crippen LogP contribution in [0.3, 0.4) is 0 Å². The zero-order chi connectivity index (χ0) is 18.2. The van der Waals surface area contributed by atoms with Gasteiger partial charge in [-0.1, -0.05) is 24.3 Å². The number of fused-ring (bicyclic) bond motifs is 1. The molecule has 2 aromatic carbocycles. The van der Waals surface area contributed by atoms with Crippen LogP contribution in [0.25, 0.3) is 0 Å². The van der Waals surface area contributed by atoms with Crippen molar-refractivity contribution in [3.63, 3.8) is 0 Å². The van der Waals surface area contributed by atoms with Crippen LogP contribution in [-0.2, 0) is 6.54 Å². The predicted molar refractivity (Wildman–Crippen MR) is 86.0 cm³/mol. The minimum absolute atomic E-state index is 0.0497. The van der Waals surface area contributed by atoms with Crippen LogP contribution in [0.2, 0.25) is 0 Å². The molecule has 0 spiro atoms. The van der Waals surface area contributed by atoms with E-state index in [0.29, 0.717) is 11.1 Å². The van der Waals surface area contributed by atoms with Gasteiger partial charge >= 0.3 is 6.11 Å². The number of hydrogen-bond acceptors (Lipinski definition) is 5. The number of aliphatic hydroxyl groups excluding tert-OH is 2. The summed E-state index contributed by atoms with van der Waals surface area (Å²) in [6, 6.07) is 13.1. The molecule has 5 nitrogen and oxygen atoms in total. The average Bonchev–Trinajstić information content (AvgIpc) is 2.58. The molecule has 2 N–H and O–H groups in total. The number of rotatable bonds is 3. The van der Waals surface area contributed by atoms with Crippen molar-refractivity contribution < 1.29 is 23.7 Å². The Morgan fingerprint density at radius 3 is 2.72 bits per heavy atom. The van der Waals surface area contributed by atoms with Gasteiger partial charge in [0.2, 0.25) is 6.23 Å². The minimum atomic E-state index is -3.84. The van der Waals surface area contributed by atoms with E-state index in [1.807, 2.05) is 6.07 Å². The topological polar surface area (TPSA) is 76.7 Å². The maximum absolute atomic E-state index is 14.2. The predicted octanol–water partition coefficient (Wildman–Crippen LogP) is 2.92. The first-order valence-electron chi connectivity index (χ1n) is 7.65. The third-order valence-corrected chi connectivity index (χ3v) is 4.03. The third kappa shape index (κ3) is 3.14. The molecule has 0 fully saturated rings. The summed E-state index contributed by atoms with van der Waals surface area (Å²) in [6.07, 6.45) is -7.05. The van der Waals surface area contributed by atoms with Crippen LogP contribution in [0, 0.1) is 11.3 Å². The van der Waals surface area contributed by atoms with Crippen molar-refractivity contribution in [2.45, 2.75) is 31.9 Å². The van der Waals surface area contributed by atoms with E-state index in [1.54, 1.807) is 30.3 Å². The number of benzene rings is 2. The molecule has 0 aromatic heterocycles. The maximum Gasteiger partial charge on any atom is 0.444 e. The standard InChI is InChI=1S/C18H16F2N2O3/c1-11(23)14-6-3-7-15-16(14)25-18(19,20)17(24)22(15)10-13-5-2-4-12(8-13)9-21/h2-8,11,17,23-24H,10H2,1H3. The molecule has 0 radical (unpaired) electrons. The molecule has 25 heavy (non-hydrogen) atoms. The van der Waals surface area contributed by atoms with Crippen LogP contribution in [0.15, 0.2) is 42.5 Å². The van der Waals surface area contributed by atoms with Crippen LogP contribution < -0.4 is 9.64 Å². The van der Waals surface area contributed by atoms with Crippen molar-refractivity contribution in [1.29, 1.82) is 5.26 Å². The van der Waals surface area contributed by atoms with E-state index >= 15 is 0 Å². The lowest BCUT2D eigenvalue weighted by atomic mass is 10.0. The zero-order valence-electron chi connectivity index (χ0n) is 13.4. The van der Waals surface area contributed by atoms with Gasteiger partial charge in [-0.05, 0) is 30.7 Å². The number of hydrogen-bond donors (Lipinski definition) is 2. The first-order chi connectivity index (χ1) is 11.8. The fraction of sp³-hybridized carbons (Fsp3) is 0.278. The van der Waals surface area contributed by atoms with Gasteiger partial charge in [0.25, 0.3) is 0 Å². The first-order valence-corrected chi connectivity index (χ1v) is 7.65. The van der Waals surface area contributed by atoms with Gasteiger partial charge in [0.1, 0.15) is 0 Å². The van der Waals surface area contributed by atoms with Crippen LogP contribution in [-0.4, -0.2) is 22.5 Å². The second-order valence-electron chi connectivity index (χ2n) is 5.85. The van der Waals surface area contributed by atoms with Gasteiger partial charge < -0.3 is 19.8 Å². The van der Waals surface area contributed by atoms with Crippen LogP contribution in [0.1, 0.15) is 29.7 Å². The lowest BCUT2D eigenvalue weighted by Crippen LogP contribution is -2.54. The van der Waals surface area contributed by atoms with E-state index in [-0.39, 0.29) is 23.5 Å². The van der Waals surface area contributed by atoms with E-state index in [0.717, 1.165) is 4.90 Å². The highest BCUT2D eigenvalue weighted by Gasteiger charge is 2.50. The second kappa shape index (κ2) is 6.31. The first kappa shape index (κ1) is 17.1. The van der Waals surface area contributed by atoms with Gasteiger partial charge in [0.15, 0.2) is 5.75 Å². The summed E-state index contributed by atoms with van der Waals surface area (Å²) in [5, 5.41) is 28.9. The number of para-hydroxylation sites is 1. The Labute approximate surface area is 143 Å². The fourth-order valence-electron chi connectivity index (χ4n) is 2.82.